The van der Waals surface area contributed by atoms with Gasteiger partial charge in [0.15, 0.2) is 0 Å². The molecule has 0 saturated carbocycles. The predicted octanol–water partition coefficient (Wildman–Crippen LogP) is -0.845. The summed E-state index contributed by atoms with van der Waals surface area (Å²) in [6.45, 7) is 1.92. The summed E-state index contributed by atoms with van der Waals surface area (Å²) in [5.41, 5.74) is 1.76. The van der Waals surface area contributed by atoms with Crippen LogP contribution in [0.1, 0.15) is 15.9 Å². The van der Waals surface area contributed by atoms with Gasteiger partial charge in [0.05, 0.1) is 4.90 Å². The minimum atomic E-state index is -4.57. The van der Waals surface area contributed by atoms with Crippen LogP contribution in [0.5, 0.6) is 0 Å². The Kier molecular flexibility index (Phi) is 6.73. The molecule has 0 aromatic heterocycles. The minimum Gasteiger partial charge on any atom is -0.744 e. The zero-order chi connectivity index (χ0) is 14.8. The normalized spacial score (nSPS) is 10.6. The van der Waals surface area contributed by atoms with E-state index in [1.54, 1.807) is 12.1 Å². The number of anilines is 1. The molecule has 0 unspecified atom stereocenters. The second-order valence-electron chi connectivity index (χ2n) is 4.30. The van der Waals surface area contributed by atoms with Gasteiger partial charge in [0.25, 0.3) is 5.91 Å². The predicted molar refractivity (Wildman–Crippen MR) is 73.5 cm³/mol. The summed E-state index contributed by atoms with van der Waals surface area (Å²) in [6, 6.07) is 12.2. The number of hydrogen-bond donors (Lipinski definition) is 1. The van der Waals surface area contributed by atoms with Crippen molar-refractivity contribution in [2.75, 3.05) is 5.32 Å². The first kappa shape index (κ1) is 18.5. The summed E-state index contributed by atoms with van der Waals surface area (Å²) in [6.07, 6.45) is 0. The van der Waals surface area contributed by atoms with Crippen LogP contribution in [0, 0.1) is 6.92 Å². The van der Waals surface area contributed by atoms with E-state index in [1.807, 2.05) is 19.1 Å². The summed E-state index contributed by atoms with van der Waals surface area (Å²) < 4.78 is 32.7. The molecule has 0 heterocycles. The first-order valence-corrected chi connectivity index (χ1v) is 7.21. The number of aryl methyl sites for hydroxylation is 1. The maximum absolute atomic E-state index is 12.0. The van der Waals surface area contributed by atoms with E-state index in [-0.39, 0.29) is 56.9 Å². The first-order chi connectivity index (χ1) is 9.36. The molecule has 0 bridgehead atoms. The van der Waals surface area contributed by atoms with Gasteiger partial charge in [-0.15, -0.1) is 0 Å². The maximum atomic E-state index is 12.0. The fourth-order valence-electron chi connectivity index (χ4n) is 1.63. The van der Waals surface area contributed by atoms with Gasteiger partial charge in [-0.25, -0.2) is 8.42 Å². The van der Waals surface area contributed by atoms with Gasteiger partial charge in [0, 0.05) is 11.3 Å². The zero-order valence-corrected chi connectivity index (χ0v) is 15.6. The molecule has 0 spiro atoms. The van der Waals surface area contributed by atoms with Gasteiger partial charge in [0.2, 0.25) is 0 Å². The Bertz CT molecular complexity index is 742. The van der Waals surface area contributed by atoms with Gasteiger partial charge in [-0.3, -0.25) is 4.79 Å². The van der Waals surface area contributed by atoms with Crippen molar-refractivity contribution in [1.29, 1.82) is 0 Å². The van der Waals surface area contributed by atoms with Crippen molar-refractivity contribution in [3.63, 3.8) is 0 Å². The molecule has 7 heteroatoms. The molecule has 0 aliphatic rings. The molecule has 2 aromatic rings. The smallest absolute Gasteiger partial charge is 0.744 e. The number of nitrogens with one attached hydrogen (secondary N) is 1. The van der Waals surface area contributed by atoms with Crippen molar-refractivity contribution in [2.24, 2.45) is 0 Å². The SMILES string of the molecule is Cc1ccc(NC(=O)c2cccc(S(=O)(=O)[O-])c2)cc1.[K+]. The van der Waals surface area contributed by atoms with Crippen LogP contribution in [0.2, 0.25) is 0 Å². The summed E-state index contributed by atoms with van der Waals surface area (Å²) in [5, 5.41) is 2.63. The zero-order valence-electron chi connectivity index (χ0n) is 11.7. The fourth-order valence-corrected chi connectivity index (χ4v) is 2.15. The largest absolute Gasteiger partial charge is 1.00 e. The average molecular weight is 329 g/mol. The number of carbonyl (C=O) groups is 1. The topological polar surface area (TPSA) is 86.3 Å². The van der Waals surface area contributed by atoms with Crippen molar-refractivity contribution in [2.45, 2.75) is 11.8 Å². The summed E-state index contributed by atoms with van der Waals surface area (Å²) >= 11 is 0. The Morgan fingerprint density at radius 1 is 1.10 bits per heavy atom. The summed E-state index contributed by atoms with van der Waals surface area (Å²) in [7, 11) is -4.57. The molecule has 0 aliphatic heterocycles. The molecular formula is C14H12KNO4S. The van der Waals surface area contributed by atoms with Crippen molar-refractivity contribution >= 4 is 21.7 Å². The number of hydrogen-bond acceptors (Lipinski definition) is 4. The van der Waals surface area contributed by atoms with E-state index < -0.39 is 20.9 Å². The third-order valence-electron chi connectivity index (χ3n) is 2.69. The van der Waals surface area contributed by atoms with Gasteiger partial charge in [0.1, 0.15) is 10.1 Å². The molecular weight excluding hydrogens is 317 g/mol. The summed E-state index contributed by atoms with van der Waals surface area (Å²) in [4.78, 5) is 11.5. The van der Waals surface area contributed by atoms with Crippen LogP contribution in [0.25, 0.3) is 0 Å². The first-order valence-electron chi connectivity index (χ1n) is 5.80. The quantitative estimate of drug-likeness (QED) is 0.587. The van der Waals surface area contributed by atoms with Crippen LogP contribution in [0.15, 0.2) is 53.4 Å². The Labute approximate surface area is 165 Å². The van der Waals surface area contributed by atoms with Gasteiger partial charge in [-0.05, 0) is 37.3 Å². The number of benzene rings is 2. The molecule has 104 valence electrons. The molecule has 2 aromatic carbocycles. The summed E-state index contributed by atoms with van der Waals surface area (Å²) in [5.74, 6) is -0.473. The standard InChI is InChI=1S/C14H13NO4S.K/c1-10-5-7-12(8-6-10)15-14(16)11-3-2-4-13(9-11)20(17,18)19;/h2-9H,1H3,(H,15,16)(H,17,18,19);/q;+1/p-1. The maximum Gasteiger partial charge on any atom is 1.00 e. The van der Waals surface area contributed by atoms with E-state index in [9.17, 15) is 17.8 Å². The van der Waals surface area contributed by atoms with Crippen LogP contribution < -0.4 is 56.7 Å². The van der Waals surface area contributed by atoms with E-state index in [1.165, 1.54) is 12.1 Å². The molecule has 0 saturated heterocycles. The minimum absolute atomic E-state index is 0. The van der Waals surface area contributed by atoms with Crippen molar-refractivity contribution in [3.8, 4) is 0 Å². The van der Waals surface area contributed by atoms with E-state index in [0.29, 0.717) is 5.69 Å². The Hall–Kier alpha value is -0.544. The van der Waals surface area contributed by atoms with Gasteiger partial charge in [-0.2, -0.15) is 0 Å². The molecule has 0 fully saturated rings. The molecule has 5 nitrogen and oxygen atoms in total. The monoisotopic (exact) mass is 329 g/mol. The number of rotatable bonds is 3. The second kappa shape index (κ2) is 7.64. The van der Waals surface area contributed by atoms with Crippen molar-refractivity contribution < 1.29 is 69.1 Å². The Morgan fingerprint density at radius 3 is 2.29 bits per heavy atom. The van der Waals surface area contributed by atoms with Crippen molar-refractivity contribution in [3.05, 3.63) is 59.7 Å². The van der Waals surface area contributed by atoms with Gasteiger partial charge >= 0.3 is 51.4 Å². The van der Waals surface area contributed by atoms with Crippen molar-refractivity contribution in [1.82, 2.24) is 0 Å². The molecule has 0 atom stereocenters. The molecule has 2 rings (SSSR count). The Morgan fingerprint density at radius 2 is 1.71 bits per heavy atom. The second-order valence-corrected chi connectivity index (χ2v) is 5.68. The Balaban J connectivity index is 0.00000220. The third-order valence-corrected chi connectivity index (χ3v) is 3.53. The van der Waals surface area contributed by atoms with Gasteiger partial charge in [-0.1, -0.05) is 23.8 Å². The van der Waals surface area contributed by atoms with E-state index in [4.69, 9.17) is 0 Å². The van der Waals surface area contributed by atoms with Crippen LogP contribution >= 0.6 is 0 Å². The van der Waals surface area contributed by atoms with Gasteiger partial charge < -0.3 is 9.87 Å². The van der Waals surface area contributed by atoms with Crippen LogP contribution in [-0.4, -0.2) is 18.9 Å². The van der Waals surface area contributed by atoms with E-state index in [2.05, 4.69) is 5.32 Å². The fraction of sp³-hybridized carbons (Fsp3) is 0.0714. The van der Waals surface area contributed by atoms with Crippen LogP contribution in [0.4, 0.5) is 5.69 Å². The molecule has 0 radical (unpaired) electrons. The van der Waals surface area contributed by atoms with E-state index >= 15 is 0 Å². The third kappa shape index (κ3) is 5.30. The number of carbonyl (C=O) groups excluding carboxylic acids is 1. The molecule has 1 N–H and O–H groups in total. The van der Waals surface area contributed by atoms with Crippen LogP contribution in [-0.2, 0) is 10.1 Å². The molecule has 0 aliphatic carbocycles. The number of amides is 1. The van der Waals surface area contributed by atoms with E-state index in [0.717, 1.165) is 17.7 Å². The van der Waals surface area contributed by atoms with Crippen LogP contribution in [0.3, 0.4) is 0 Å². The molecule has 21 heavy (non-hydrogen) atoms. The average Bonchev–Trinajstić information content (AvgIpc) is 2.40. The molecule has 1 amide bonds.